The summed E-state index contributed by atoms with van der Waals surface area (Å²) in [6.07, 6.45) is 1.26. The normalized spacial score (nSPS) is 14.2. The molecule has 0 spiro atoms. The lowest BCUT2D eigenvalue weighted by atomic mass is 9.88. The Balaban J connectivity index is 2.33. The van der Waals surface area contributed by atoms with Crippen LogP contribution in [0.15, 0.2) is 42.0 Å². The molecule has 1 aliphatic carbocycles. The molecule has 0 bridgehead atoms. The van der Waals surface area contributed by atoms with Crippen LogP contribution in [0.1, 0.15) is 15.9 Å². The monoisotopic (exact) mass is 252 g/mol. The first-order chi connectivity index (χ1) is 9.08. The minimum atomic E-state index is -1.38. The van der Waals surface area contributed by atoms with Crippen LogP contribution < -0.4 is 0 Å². The fourth-order valence-electron chi connectivity index (χ4n) is 2.20. The standard InChI is InChI=1S/C15H8O4/c16-13-11-6-9-4-2-1-3-8(9)5-10(11)7-12(14(13)17)15(18)19/h1-7H,(H,18,19). The lowest BCUT2D eigenvalue weighted by Gasteiger charge is -2.13. The molecule has 0 amide bonds. The lowest BCUT2D eigenvalue weighted by molar-refractivity contribution is -0.134. The second kappa shape index (κ2) is 3.88. The van der Waals surface area contributed by atoms with Crippen LogP contribution in [0.3, 0.4) is 0 Å². The van der Waals surface area contributed by atoms with Gasteiger partial charge in [0.25, 0.3) is 0 Å². The van der Waals surface area contributed by atoms with E-state index in [9.17, 15) is 14.4 Å². The third-order valence-corrected chi connectivity index (χ3v) is 3.14. The Hall–Kier alpha value is -2.75. The summed E-state index contributed by atoms with van der Waals surface area (Å²) in [5, 5.41) is 10.7. The Kier molecular flexibility index (Phi) is 2.32. The van der Waals surface area contributed by atoms with Gasteiger partial charge in [0, 0.05) is 5.56 Å². The fraction of sp³-hybridized carbons (Fsp3) is 0. The Morgan fingerprint density at radius 1 is 0.947 bits per heavy atom. The zero-order chi connectivity index (χ0) is 13.6. The first-order valence-electron chi connectivity index (χ1n) is 5.65. The second-order valence-corrected chi connectivity index (χ2v) is 4.31. The molecule has 0 atom stereocenters. The summed E-state index contributed by atoms with van der Waals surface area (Å²) in [5.41, 5.74) is 0.252. The third-order valence-electron chi connectivity index (χ3n) is 3.14. The van der Waals surface area contributed by atoms with Crippen LogP contribution in [0.5, 0.6) is 0 Å². The molecule has 0 aliphatic heterocycles. The highest BCUT2D eigenvalue weighted by molar-refractivity contribution is 6.56. The summed E-state index contributed by atoms with van der Waals surface area (Å²) in [5.74, 6) is -3.10. The van der Waals surface area contributed by atoms with Crippen LogP contribution in [0, 0.1) is 0 Å². The summed E-state index contributed by atoms with van der Waals surface area (Å²) in [6, 6.07) is 10.7. The number of fused-ring (bicyclic) bond motifs is 2. The maximum absolute atomic E-state index is 11.9. The molecular weight excluding hydrogens is 244 g/mol. The number of Topliss-reactive ketones (excluding diaryl/α,β-unsaturated/α-hetero) is 2. The third kappa shape index (κ3) is 1.65. The van der Waals surface area contributed by atoms with Crippen LogP contribution in [0.2, 0.25) is 0 Å². The summed E-state index contributed by atoms with van der Waals surface area (Å²) < 4.78 is 0. The van der Waals surface area contributed by atoms with Crippen molar-refractivity contribution in [1.82, 2.24) is 0 Å². The fourth-order valence-corrected chi connectivity index (χ4v) is 2.20. The van der Waals surface area contributed by atoms with E-state index in [1.165, 1.54) is 6.08 Å². The van der Waals surface area contributed by atoms with E-state index in [2.05, 4.69) is 0 Å². The number of benzene rings is 2. The SMILES string of the molecule is O=C(O)C1=Cc2cc3ccccc3cc2C(=O)C1=O. The van der Waals surface area contributed by atoms with Crippen molar-refractivity contribution in [3.8, 4) is 0 Å². The van der Waals surface area contributed by atoms with Crippen LogP contribution >= 0.6 is 0 Å². The summed E-state index contributed by atoms with van der Waals surface area (Å²) in [4.78, 5) is 34.5. The van der Waals surface area contributed by atoms with Crippen molar-refractivity contribution >= 4 is 34.4 Å². The average Bonchev–Trinajstić information content (AvgIpc) is 2.41. The van der Waals surface area contributed by atoms with E-state index in [0.717, 1.165) is 10.8 Å². The average molecular weight is 252 g/mol. The molecular formula is C15H8O4. The van der Waals surface area contributed by atoms with Crippen molar-refractivity contribution in [3.63, 3.8) is 0 Å². The largest absolute Gasteiger partial charge is 0.478 e. The van der Waals surface area contributed by atoms with E-state index < -0.39 is 23.1 Å². The lowest BCUT2D eigenvalue weighted by Crippen LogP contribution is -2.25. The predicted octanol–water partition coefficient (Wildman–Crippen LogP) is 2.07. The molecule has 3 rings (SSSR count). The number of carbonyl (C=O) groups is 3. The molecule has 4 nitrogen and oxygen atoms in total. The van der Waals surface area contributed by atoms with E-state index in [1.807, 2.05) is 24.3 Å². The van der Waals surface area contributed by atoms with Gasteiger partial charge < -0.3 is 5.11 Å². The summed E-state index contributed by atoms with van der Waals surface area (Å²) >= 11 is 0. The van der Waals surface area contributed by atoms with Gasteiger partial charge in [-0.15, -0.1) is 0 Å². The van der Waals surface area contributed by atoms with E-state index >= 15 is 0 Å². The highest BCUT2D eigenvalue weighted by Crippen LogP contribution is 2.27. The van der Waals surface area contributed by atoms with E-state index in [0.29, 0.717) is 5.56 Å². The Labute approximate surface area is 108 Å². The summed E-state index contributed by atoms with van der Waals surface area (Å²) in [6.45, 7) is 0. The van der Waals surface area contributed by atoms with Gasteiger partial charge in [0.05, 0.1) is 0 Å². The van der Waals surface area contributed by atoms with Crippen LogP contribution in [0.4, 0.5) is 0 Å². The van der Waals surface area contributed by atoms with E-state index in [-0.39, 0.29) is 5.56 Å². The molecule has 4 heteroatoms. The molecule has 2 aromatic rings. The molecule has 0 heterocycles. The highest BCUT2D eigenvalue weighted by Gasteiger charge is 2.31. The molecule has 0 saturated carbocycles. The smallest absolute Gasteiger partial charge is 0.339 e. The van der Waals surface area contributed by atoms with Gasteiger partial charge in [-0.25, -0.2) is 4.79 Å². The van der Waals surface area contributed by atoms with Gasteiger partial charge in [-0.05, 0) is 34.5 Å². The summed E-state index contributed by atoms with van der Waals surface area (Å²) in [7, 11) is 0. The van der Waals surface area contributed by atoms with Crippen molar-refractivity contribution in [2.24, 2.45) is 0 Å². The van der Waals surface area contributed by atoms with Gasteiger partial charge in [-0.1, -0.05) is 24.3 Å². The first-order valence-corrected chi connectivity index (χ1v) is 5.65. The van der Waals surface area contributed by atoms with Gasteiger partial charge in [0.15, 0.2) is 0 Å². The Bertz CT molecular complexity index is 784. The number of hydrogen-bond acceptors (Lipinski definition) is 3. The van der Waals surface area contributed by atoms with Crippen molar-refractivity contribution in [3.05, 3.63) is 53.1 Å². The minimum Gasteiger partial charge on any atom is -0.478 e. The maximum Gasteiger partial charge on any atom is 0.339 e. The number of ketones is 2. The molecule has 2 aromatic carbocycles. The molecule has 0 radical (unpaired) electrons. The number of carboxylic acid groups (broad SMARTS) is 1. The number of carbonyl (C=O) groups excluding carboxylic acids is 2. The zero-order valence-corrected chi connectivity index (χ0v) is 9.71. The van der Waals surface area contributed by atoms with Crippen LogP contribution in [-0.2, 0) is 9.59 Å². The van der Waals surface area contributed by atoms with Gasteiger partial charge in [-0.3, -0.25) is 9.59 Å². The topological polar surface area (TPSA) is 71.4 Å². The Morgan fingerprint density at radius 3 is 2.21 bits per heavy atom. The number of carboxylic acids is 1. The van der Waals surface area contributed by atoms with Crippen LogP contribution in [0.25, 0.3) is 16.8 Å². The number of aliphatic carboxylic acids is 1. The van der Waals surface area contributed by atoms with Gasteiger partial charge >= 0.3 is 5.97 Å². The molecule has 0 aromatic heterocycles. The molecule has 92 valence electrons. The molecule has 0 saturated heterocycles. The molecule has 19 heavy (non-hydrogen) atoms. The minimum absolute atomic E-state index is 0.258. The molecule has 0 fully saturated rings. The van der Waals surface area contributed by atoms with Gasteiger partial charge in [-0.2, -0.15) is 0 Å². The maximum atomic E-state index is 11.9. The van der Waals surface area contributed by atoms with Crippen molar-refractivity contribution in [2.45, 2.75) is 0 Å². The van der Waals surface area contributed by atoms with Crippen molar-refractivity contribution < 1.29 is 19.5 Å². The molecule has 1 N–H and O–H groups in total. The number of hydrogen-bond donors (Lipinski definition) is 1. The zero-order valence-electron chi connectivity index (χ0n) is 9.71. The van der Waals surface area contributed by atoms with Crippen LogP contribution in [-0.4, -0.2) is 22.6 Å². The van der Waals surface area contributed by atoms with E-state index in [1.54, 1.807) is 12.1 Å². The van der Waals surface area contributed by atoms with Crippen molar-refractivity contribution in [2.75, 3.05) is 0 Å². The van der Waals surface area contributed by atoms with E-state index in [4.69, 9.17) is 5.11 Å². The van der Waals surface area contributed by atoms with Gasteiger partial charge in [0.2, 0.25) is 11.6 Å². The molecule has 1 aliphatic rings. The molecule has 0 unspecified atom stereocenters. The predicted molar refractivity (Wildman–Crippen MR) is 68.9 cm³/mol. The van der Waals surface area contributed by atoms with Crippen molar-refractivity contribution in [1.29, 1.82) is 0 Å². The van der Waals surface area contributed by atoms with Gasteiger partial charge in [0.1, 0.15) is 5.57 Å². The quantitative estimate of drug-likeness (QED) is 0.623. The number of rotatable bonds is 1. The second-order valence-electron chi connectivity index (χ2n) is 4.31. The highest BCUT2D eigenvalue weighted by atomic mass is 16.4. The Morgan fingerprint density at radius 2 is 1.58 bits per heavy atom. The first kappa shape index (κ1) is 11.3.